The average molecular weight is 530 g/mol. The lowest BCUT2D eigenvalue weighted by atomic mass is 9.93. The maximum Gasteiger partial charge on any atom is 0.338 e. The van der Waals surface area contributed by atoms with Gasteiger partial charge in [-0.05, 0) is 30.7 Å². The van der Waals surface area contributed by atoms with Crippen LogP contribution in [0.3, 0.4) is 0 Å². The highest BCUT2D eigenvalue weighted by Crippen LogP contribution is 2.35. The fourth-order valence-corrected chi connectivity index (χ4v) is 5.31. The molecule has 1 aliphatic heterocycles. The van der Waals surface area contributed by atoms with E-state index in [1.165, 1.54) is 11.3 Å². The Morgan fingerprint density at radius 2 is 1.84 bits per heavy atom. The highest BCUT2D eigenvalue weighted by atomic mass is 32.1. The van der Waals surface area contributed by atoms with Crippen molar-refractivity contribution in [3.63, 3.8) is 0 Å². The standard InChI is InChI=1S/C29H27N3O5S/c1-5-36-28(34)24-25(18-9-7-6-8-10-18)30-29-32(26(24)19-11-13-20(35-4)14-12-19)27(33)22(38-29)17-21-15-16-23(37-21)31(2)3/h6-17,26H,5H2,1-4H3/b22-17-/t26-/m0/s1. The van der Waals surface area contributed by atoms with Crippen LogP contribution in [-0.4, -0.2) is 38.3 Å². The molecule has 0 amide bonds. The maximum absolute atomic E-state index is 13.9. The van der Waals surface area contributed by atoms with Gasteiger partial charge in [-0.1, -0.05) is 53.8 Å². The largest absolute Gasteiger partial charge is 0.497 e. The van der Waals surface area contributed by atoms with Gasteiger partial charge in [0.2, 0.25) is 0 Å². The van der Waals surface area contributed by atoms with Crippen LogP contribution < -0.4 is 24.5 Å². The van der Waals surface area contributed by atoms with Crippen molar-refractivity contribution in [1.82, 2.24) is 4.57 Å². The molecule has 2 aromatic heterocycles. The summed E-state index contributed by atoms with van der Waals surface area (Å²) >= 11 is 1.25. The number of hydrogen-bond donors (Lipinski definition) is 0. The van der Waals surface area contributed by atoms with Gasteiger partial charge >= 0.3 is 5.97 Å². The molecule has 2 aromatic carbocycles. The van der Waals surface area contributed by atoms with E-state index in [0.717, 1.165) is 11.1 Å². The number of anilines is 1. The number of hydrogen-bond acceptors (Lipinski definition) is 8. The molecule has 9 heteroatoms. The fourth-order valence-electron chi connectivity index (χ4n) is 4.33. The molecule has 194 valence electrons. The molecule has 0 saturated heterocycles. The molecule has 1 atom stereocenters. The summed E-state index contributed by atoms with van der Waals surface area (Å²) in [5.41, 5.74) is 2.00. The van der Waals surface area contributed by atoms with Gasteiger partial charge in [-0.3, -0.25) is 9.36 Å². The maximum atomic E-state index is 13.9. The zero-order valence-electron chi connectivity index (χ0n) is 21.5. The summed E-state index contributed by atoms with van der Waals surface area (Å²) < 4.78 is 18.7. The van der Waals surface area contributed by atoms with Crippen molar-refractivity contribution in [2.45, 2.75) is 13.0 Å². The summed E-state index contributed by atoms with van der Waals surface area (Å²) in [7, 11) is 5.35. The smallest absolute Gasteiger partial charge is 0.338 e. The number of rotatable bonds is 7. The normalized spacial score (nSPS) is 15.2. The molecule has 0 radical (unpaired) electrons. The summed E-state index contributed by atoms with van der Waals surface area (Å²) in [6, 6.07) is 19.7. The summed E-state index contributed by atoms with van der Waals surface area (Å²) in [5, 5.41) is 0. The molecule has 1 aliphatic rings. The fraction of sp³-hybridized carbons (Fsp3) is 0.207. The number of carbonyl (C=O) groups is 1. The average Bonchev–Trinajstić information content (AvgIpc) is 3.53. The molecule has 0 saturated carbocycles. The summed E-state index contributed by atoms with van der Waals surface area (Å²) in [6.45, 7) is 1.94. The Hall–Kier alpha value is -4.37. The van der Waals surface area contributed by atoms with Gasteiger partial charge in [0.25, 0.3) is 5.56 Å². The molecule has 38 heavy (non-hydrogen) atoms. The molecule has 4 aromatic rings. The first-order valence-electron chi connectivity index (χ1n) is 12.1. The Bertz CT molecular complexity index is 1680. The van der Waals surface area contributed by atoms with Crippen LogP contribution in [0.4, 0.5) is 5.88 Å². The van der Waals surface area contributed by atoms with Crippen LogP contribution in [0.25, 0.3) is 11.8 Å². The number of thiazole rings is 1. The molecular weight excluding hydrogens is 502 g/mol. The first kappa shape index (κ1) is 25.3. The van der Waals surface area contributed by atoms with E-state index in [2.05, 4.69) is 0 Å². The summed E-state index contributed by atoms with van der Waals surface area (Å²) in [5.74, 6) is 1.37. The van der Waals surface area contributed by atoms with Crippen LogP contribution >= 0.6 is 11.3 Å². The molecule has 0 spiro atoms. The van der Waals surface area contributed by atoms with Crippen LogP contribution in [0, 0.1) is 0 Å². The number of esters is 1. The summed E-state index contributed by atoms with van der Waals surface area (Å²) in [4.78, 5) is 34.5. The summed E-state index contributed by atoms with van der Waals surface area (Å²) in [6.07, 6.45) is 1.71. The SMILES string of the molecule is CCOC(=O)C1=C(c2ccccc2)N=c2s/c(=C\c3ccc(N(C)C)o3)c(=O)n2[C@H]1c1ccc(OC)cc1. The van der Waals surface area contributed by atoms with Gasteiger partial charge in [-0.15, -0.1) is 0 Å². The van der Waals surface area contributed by atoms with Crippen LogP contribution in [-0.2, 0) is 9.53 Å². The van der Waals surface area contributed by atoms with Gasteiger partial charge < -0.3 is 18.8 Å². The van der Waals surface area contributed by atoms with E-state index in [1.807, 2.05) is 85.7 Å². The third-order valence-corrected chi connectivity index (χ3v) is 7.11. The van der Waals surface area contributed by atoms with Crippen LogP contribution in [0.2, 0.25) is 0 Å². The number of fused-ring (bicyclic) bond motifs is 1. The number of benzene rings is 2. The van der Waals surface area contributed by atoms with E-state index in [0.29, 0.717) is 38.0 Å². The number of ether oxygens (including phenoxy) is 2. The number of nitrogens with zero attached hydrogens (tertiary/aromatic N) is 3. The Morgan fingerprint density at radius 1 is 1.11 bits per heavy atom. The number of aromatic nitrogens is 1. The number of methoxy groups -OCH3 is 1. The van der Waals surface area contributed by atoms with Gasteiger partial charge in [-0.25, -0.2) is 9.79 Å². The van der Waals surface area contributed by atoms with E-state index in [-0.39, 0.29) is 12.2 Å². The van der Waals surface area contributed by atoms with Gasteiger partial charge in [-0.2, -0.15) is 0 Å². The first-order chi connectivity index (χ1) is 18.4. The van der Waals surface area contributed by atoms with Gasteiger partial charge in [0, 0.05) is 31.8 Å². The number of carbonyl (C=O) groups excluding carboxylic acids is 1. The van der Waals surface area contributed by atoms with Gasteiger partial charge in [0.15, 0.2) is 10.7 Å². The van der Waals surface area contributed by atoms with Crippen molar-refractivity contribution < 1.29 is 18.7 Å². The van der Waals surface area contributed by atoms with Crippen LogP contribution in [0.15, 0.2) is 86.5 Å². The van der Waals surface area contributed by atoms with Gasteiger partial charge in [0.1, 0.15) is 11.5 Å². The lowest BCUT2D eigenvalue weighted by Gasteiger charge is -2.26. The molecule has 5 rings (SSSR count). The third-order valence-electron chi connectivity index (χ3n) is 6.13. The minimum absolute atomic E-state index is 0.191. The predicted molar refractivity (Wildman–Crippen MR) is 147 cm³/mol. The van der Waals surface area contributed by atoms with E-state index in [1.54, 1.807) is 24.7 Å². The lowest BCUT2D eigenvalue weighted by Crippen LogP contribution is -2.40. The van der Waals surface area contributed by atoms with Crippen molar-refractivity contribution in [3.05, 3.63) is 109 Å². The van der Waals surface area contributed by atoms with Crippen molar-refractivity contribution in [1.29, 1.82) is 0 Å². The monoisotopic (exact) mass is 529 g/mol. The first-order valence-corrected chi connectivity index (χ1v) is 12.9. The number of furan rings is 1. The second-order valence-electron chi connectivity index (χ2n) is 8.78. The Balaban J connectivity index is 1.79. The predicted octanol–water partition coefficient (Wildman–Crippen LogP) is 3.60. The Labute approximate surface area is 223 Å². The molecule has 0 bridgehead atoms. The van der Waals surface area contributed by atoms with Crippen molar-refractivity contribution in [2.75, 3.05) is 32.7 Å². The topological polar surface area (TPSA) is 86.3 Å². The zero-order chi connectivity index (χ0) is 26.8. The molecular formula is C29H27N3O5S. The third kappa shape index (κ3) is 4.68. The van der Waals surface area contributed by atoms with E-state index < -0.39 is 12.0 Å². The van der Waals surface area contributed by atoms with Crippen molar-refractivity contribution in [3.8, 4) is 5.75 Å². The van der Waals surface area contributed by atoms with E-state index in [4.69, 9.17) is 18.9 Å². The minimum atomic E-state index is -0.748. The molecule has 0 aliphatic carbocycles. The molecule has 0 N–H and O–H groups in total. The highest BCUT2D eigenvalue weighted by molar-refractivity contribution is 7.07. The second-order valence-corrected chi connectivity index (χ2v) is 9.78. The molecule has 8 nitrogen and oxygen atoms in total. The van der Waals surface area contributed by atoms with E-state index in [9.17, 15) is 9.59 Å². The minimum Gasteiger partial charge on any atom is -0.497 e. The van der Waals surface area contributed by atoms with E-state index >= 15 is 0 Å². The van der Waals surface area contributed by atoms with Crippen LogP contribution in [0.1, 0.15) is 29.9 Å². The van der Waals surface area contributed by atoms with Gasteiger partial charge in [0.05, 0.1) is 35.6 Å². The lowest BCUT2D eigenvalue weighted by molar-refractivity contribution is -0.138. The molecule has 0 fully saturated rings. The van der Waals surface area contributed by atoms with Crippen LogP contribution in [0.5, 0.6) is 5.75 Å². The van der Waals surface area contributed by atoms with Crippen molar-refractivity contribution in [2.24, 2.45) is 4.99 Å². The molecule has 3 heterocycles. The highest BCUT2D eigenvalue weighted by Gasteiger charge is 2.35. The Morgan fingerprint density at radius 3 is 2.47 bits per heavy atom. The zero-order valence-corrected chi connectivity index (χ0v) is 22.3. The quantitative estimate of drug-likeness (QED) is 0.340. The second kappa shape index (κ2) is 10.5. The Kier molecular flexibility index (Phi) is 7.02. The molecule has 0 unspecified atom stereocenters. The van der Waals surface area contributed by atoms with Crippen molar-refractivity contribution >= 4 is 35.0 Å².